The summed E-state index contributed by atoms with van der Waals surface area (Å²) >= 11 is 0. The molecule has 0 aromatic heterocycles. The molecule has 2 heteroatoms. The van der Waals surface area contributed by atoms with Gasteiger partial charge in [0.25, 0.3) is 0 Å². The number of aliphatic hydroxyl groups excluding tert-OH is 1. The lowest BCUT2D eigenvalue weighted by Gasteiger charge is -2.12. The normalized spacial score (nSPS) is 15.8. The lowest BCUT2D eigenvalue weighted by molar-refractivity contribution is 0.124. The average molecular weight is 141 g/mol. The Bertz CT molecular complexity index is 117. The van der Waals surface area contributed by atoms with Gasteiger partial charge in [0.15, 0.2) is 0 Å². The van der Waals surface area contributed by atoms with Crippen LogP contribution in [0.3, 0.4) is 0 Å². The standard InChI is InChI=1S/C8H15NO/c1-3-5-7(6-9)8(10)4-2/h7-8,10H,3-5H2,1-2H3. The maximum atomic E-state index is 9.23. The molecule has 0 radical (unpaired) electrons. The number of hydrogen-bond acceptors (Lipinski definition) is 2. The number of hydrogen-bond donors (Lipinski definition) is 1. The highest BCUT2D eigenvalue weighted by atomic mass is 16.3. The van der Waals surface area contributed by atoms with Crippen molar-refractivity contribution >= 4 is 0 Å². The van der Waals surface area contributed by atoms with Crippen LogP contribution in [0.15, 0.2) is 0 Å². The molecule has 0 heterocycles. The molecule has 2 atom stereocenters. The van der Waals surface area contributed by atoms with Crippen molar-refractivity contribution in [1.29, 1.82) is 5.26 Å². The lowest BCUT2D eigenvalue weighted by atomic mass is 9.97. The van der Waals surface area contributed by atoms with Crippen LogP contribution in [-0.2, 0) is 0 Å². The second kappa shape index (κ2) is 5.25. The van der Waals surface area contributed by atoms with Crippen molar-refractivity contribution < 1.29 is 5.11 Å². The summed E-state index contributed by atoms with van der Waals surface area (Å²) in [6.07, 6.45) is 2.03. The Morgan fingerprint density at radius 3 is 2.40 bits per heavy atom. The van der Waals surface area contributed by atoms with Crippen LogP contribution < -0.4 is 0 Å². The fourth-order valence-electron chi connectivity index (χ4n) is 0.938. The zero-order valence-electron chi connectivity index (χ0n) is 6.67. The van der Waals surface area contributed by atoms with Gasteiger partial charge in [0.2, 0.25) is 0 Å². The predicted octanol–water partition coefficient (Wildman–Crippen LogP) is 1.70. The molecule has 0 aliphatic carbocycles. The molecule has 0 bridgehead atoms. The Hall–Kier alpha value is -0.550. The molecule has 0 rings (SSSR count). The molecule has 0 amide bonds. The average Bonchev–Trinajstić information content (AvgIpc) is 1.99. The molecule has 0 fully saturated rings. The summed E-state index contributed by atoms with van der Waals surface area (Å²) in [5, 5.41) is 17.8. The topological polar surface area (TPSA) is 44.0 Å². The molecule has 0 aliphatic rings. The van der Waals surface area contributed by atoms with Gasteiger partial charge in [-0.25, -0.2) is 0 Å². The quantitative estimate of drug-likeness (QED) is 0.647. The highest BCUT2D eigenvalue weighted by Crippen LogP contribution is 2.12. The summed E-state index contributed by atoms with van der Waals surface area (Å²) in [6.45, 7) is 3.91. The van der Waals surface area contributed by atoms with Gasteiger partial charge >= 0.3 is 0 Å². The van der Waals surface area contributed by atoms with Crippen LogP contribution in [0.25, 0.3) is 0 Å². The van der Waals surface area contributed by atoms with E-state index in [9.17, 15) is 5.11 Å². The van der Waals surface area contributed by atoms with Crippen molar-refractivity contribution in [1.82, 2.24) is 0 Å². The number of nitrogens with zero attached hydrogens (tertiary/aromatic N) is 1. The van der Waals surface area contributed by atoms with Crippen LogP contribution in [0.1, 0.15) is 33.1 Å². The minimum atomic E-state index is -0.426. The second-order valence-corrected chi connectivity index (χ2v) is 2.50. The third kappa shape index (κ3) is 2.84. The Morgan fingerprint density at radius 2 is 2.10 bits per heavy atom. The summed E-state index contributed by atoms with van der Waals surface area (Å²) in [7, 11) is 0. The van der Waals surface area contributed by atoms with Gasteiger partial charge in [-0.1, -0.05) is 20.3 Å². The van der Waals surface area contributed by atoms with Gasteiger partial charge in [0.05, 0.1) is 18.1 Å². The summed E-state index contributed by atoms with van der Waals surface area (Å²) in [5.74, 6) is -0.157. The second-order valence-electron chi connectivity index (χ2n) is 2.50. The van der Waals surface area contributed by atoms with Gasteiger partial charge in [-0.05, 0) is 12.8 Å². The van der Waals surface area contributed by atoms with E-state index in [4.69, 9.17) is 5.26 Å². The van der Waals surface area contributed by atoms with E-state index in [-0.39, 0.29) is 5.92 Å². The number of nitriles is 1. The summed E-state index contributed by atoms with van der Waals surface area (Å²) < 4.78 is 0. The maximum Gasteiger partial charge on any atom is 0.0722 e. The molecule has 2 unspecified atom stereocenters. The zero-order chi connectivity index (χ0) is 7.98. The first-order valence-electron chi connectivity index (χ1n) is 3.83. The molecule has 0 aromatic rings. The minimum Gasteiger partial charge on any atom is -0.392 e. The van der Waals surface area contributed by atoms with E-state index in [1.807, 2.05) is 13.8 Å². The van der Waals surface area contributed by atoms with E-state index >= 15 is 0 Å². The zero-order valence-corrected chi connectivity index (χ0v) is 6.67. The molecule has 58 valence electrons. The van der Waals surface area contributed by atoms with E-state index < -0.39 is 6.10 Å². The van der Waals surface area contributed by atoms with Crippen LogP contribution in [-0.4, -0.2) is 11.2 Å². The van der Waals surface area contributed by atoms with Gasteiger partial charge in [-0.3, -0.25) is 0 Å². The summed E-state index contributed by atoms with van der Waals surface area (Å²) in [4.78, 5) is 0. The maximum absolute atomic E-state index is 9.23. The Labute approximate surface area is 62.5 Å². The summed E-state index contributed by atoms with van der Waals surface area (Å²) in [6, 6.07) is 2.10. The SMILES string of the molecule is CCCC(C#N)C(O)CC. The Kier molecular flexibility index (Phi) is 4.96. The van der Waals surface area contributed by atoms with Crippen molar-refractivity contribution in [2.24, 2.45) is 5.92 Å². The monoisotopic (exact) mass is 141 g/mol. The molecule has 0 aliphatic heterocycles. The van der Waals surface area contributed by atoms with Crippen LogP contribution in [0, 0.1) is 17.2 Å². The third-order valence-electron chi connectivity index (χ3n) is 1.65. The fraction of sp³-hybridized carbons (Fsp3) is 0.875. The molecule has 0 aromatic carbocycles. The lowest BCUT2D eigenvalue weighted by Crippen LogP contribution is -2.17. The van der Waals surface area contributed by atoms with Crippen molar-refractivity contribution in [3.8, 4) is 6.07 Å². The van der Waals surface area contributed by atoms with Crippen molar-refractivity contribution in [3.63, 3.8) is 0 Å². The molecule has 0 saturated carbocycles. The number of aliphatic hydroxyl groups is 1. The van der Waals surface area contributed by atoms with E-state index in [0.29, 0.717) is 6.42 Å². The third-order valence-corrected chi connectivity index (χ3v) is 1.65. The molecule has 0 spiro atoms. The Morgan fingerprint density at radius 1 is 1.50 bits per heavy atom. The number of rotatable bonds is 4. The van der Waals surface area contributed by atoms with Crippen molar-refractivity contribution in [2.75, 3.05) is 0 Å². The predicted molar refractivity (Wildman–Crippen MR) is 40.3 cm³/mol. The van der Waals surface area contributed by atoms with Crippen LogP contribution in [0.4, 0.5) is 0 Å². The first-order chi connectivity index (χ1) is 4.76. The molecule has 2 nitrogen and oxygen atoms in total. The highest BCUT2D eigenvalue weighted by Gasteiger charge is 2.14. The molecular formula is C8H15NO. The van der Waals surface area contributed by atoms with Gasteiger partial charge in [-0.2, -0.15) is 5.26 Å². The van der Waals surface area contributed by atoms with Gasteiger partial charge in [-0.15, -0.1) is 0 Å². The first-order valence-corrected chi connectivity index (χ1v) is 3.83. The van der Waals surface area contributed by atoms with Crippen molar-refractivity contribution in [2.45, 2.75) is 39.2 Å². The molecule has 10 heavy (non-hydrogen) atoms. The van der Waals surface area contributed by atoms with Gasteiger partial charge in [0, 0.05) is 0 Å². The molecule has 1 N–H and O–H groups in total. The molecular weight excluding hydrogens is 126 g/mol. The van der Waals surface area contributed by atoms with Gasteiger partial charge < -0.3 is 5.11 Å². The van der Waals surface area contributed by atoms with Crippen LogP contribution >= 0.6 is 0 Å². The smallest absolute Gasteiger partial charge is 0.0722 e. The van der Waals surface area contributed by atoms with E-state index in [1.54, 1.807) is 0 Å². The van der Waals surface area contributed by atoms with Crippen LogP contribution in [0.5, 0.6) is 0 Å². The van der Waals surface area contributed by atoms with E-state index in [1.165, 1.54) is 0 Å². The Balaban J connectivity index is 3.71. The van der Waals surface area contributed by atoms with Crippen molar-refractivity contribution in [3.05, 3.63) is 0 Å². The fourth-order valence-corrected chi connectivity index (χ4v) is 0.938. The minimum absolute atomic E-state index is 0.157. The van der Waals surface area contributed by atoms with Gasteiger partial charge in [0.1, 0.15) is 0 Å². The van der Waals surface area contributed by atoms with E-state index in [0.717, 1.165) is 12.8 Å². The van der Waals surface area contributed by atoms with E-state index in [2.05, 4.69) is 6.07 Å². The highest BCUT2D eigenvalue weighted by molar-refractivity contribution is 4.87. The summed E-state index contributed by atoms with van der Waals surface area (Å²) in [5.41, 5.74) is 0. The molecule has 0 saturated heterocycles. The largest absolute Gasteiger partial charge is 0.392 e. The first kappa shape index (κ1) is 9.45. The van der Waals surface area contributed by atoms with Crippen LogP contribution in [0.2, 0.25) is 0 Å².